The van der Waals surface area contributed by atoms with Gasteiger partial charge in [-0.3, -0.25) is 9.59 Å². The number of aromatic amines is 1. The first kappa shape index (κ1) is 17.9. The smallest absolute Gasteiger partial charge is 0.310 e. The summed E-state index contributed by atoms with van der Waals surface area (Å²) in [6, 6.07) is 3.94. The number of hydrogen-bond acceptors (Lipinski definition) is 3. The zero-order valence-corrected chi connectivity index (χ0v) is 14.2. The van der Waals surface area contributed by atoms with Crippen molar-refractivity contribution < 1.29 is 22.4 Å². The number of nitrogens with zero attached hydrogens (tertiary/aromatic N) is 1. The second-order valence-corrected chi connectivity index (χ2v) is 7.36. The lowest BCUT2D eigenvalue weighted by Gasteiger charge is -2.17. The Bertz CT molecular complexity index is 972. The molecule has 0 bridgehead atoms. The maximum Gasteiger partial charge on any atom is 0.419 e. The Morgan fingerprint density at radius 2 is 1.93 bits per heavy atom. The minimum Gasteiger partial charge on any atom is -0.310 e. The average Bonchev–Trinajstić information content (AvgIpc) is 3.47. The SMILES string of the molecule is O=C(CC1(c2ccc(C(F)(F)F)c(F)c2)CC1)c1cc(=O)[nH]c(C2CC2)n1. The van der Waals surface area contributed by atoms with Crippen LogP contribution in [0, 0.1) is 5.82 Å². The molecular formula is C19H16F4N2O2. The van der Waals surface area contributed by atoms with Crippen LogP contribution in [0.15, 0.2) is 29.1 Å². The third-order valence-corrected chi connectivity index (χ3v) is 5.25. The topological polar surface area (TPSA) is 62.8 Å². The van der Waals surface area contributed by atoms with Gasteiger partial charge in [0, 0.05) is 23.8 Å². The van der Waals surface area contributed by atoms with Crippen LogP contribution in [0.5, 0.6) is 0 Å². The first-order valence-electron chi connectivity index (χ1n) is 8.70. The molecule has 4 rings (SSSR count). The lowest BCUT2D eigenvalue weighted by atomic mass is 9.89. The molecule has 0 unspecified atom stereocenters. The Labute approximate surface area is 151 Å². The maximum absolute atomic E-state index is 13.9. The average molecular weight is 380 g/mol. The number of ketones is 1. The normalized spacial score (nSPS) is 18.4. The van der Waals surface area contributed by atoms with Gasteiger partial charge in [0.05, 0.1) is 5.56 Å². The third kappa shape index (κ3) is 3.52. The molecule has 0 amide bonds. The van der Waals surface area contributed by atoms with Gasteiger partial charge in [0.2, 0.25) is 0 Å². The largest absolute Gasteiger partial charge is 0.419 e. The van der Waals surface area contributed by atoms with E-state index in [9.17, 15) is 27.2 Å². The van der Waals surface area contributed by atoms with E-state index in [1.165, 1.54) is 6.07 Å². The van der Waals surface area contributed by atoms with Crippen LogP contribution in [0.25, 0.3) is 0 Å². The molecule has 27 heavy (non-hydrogen) atoms. The van der Waals surface area contributed by atoms with E-state index in [1.807, 2.05) is 0 Å². The van der Waals surface area contributed by atoms with Crippen molar-refractivity contribution in [3.05, 3.63) is 63.1 Å². The molecule has 0 aliphatic heterocycles. The molecule has 1 aromatic carbocycles. The minimum absolute atomic E-state index is 0.0155. The molecule has 0 spiro atoms. The van der Waals surface area contributed by atoms with Gasteiger partial charge >= 0.3 is 6.18 Å². The van der Waals surface area contributed by atoms with Crippen LogP contribution >= 0.6 is 0 Å². The van der Waals surface area contributed by atoms with E-state index in [0.717, 1.165) is 25.0 Å². The summed E-state index contributed by atoms with van der Waals surface area (Å²) in [5.41, 5.74) is -1.99. The zero-order chi connectivity index (χ0) is 19.4. The summed E-state index contributed by atoms with van der Waals surface area (Å²) in [5.74, 6) is -1.04. The molecule has 2 aliphatic carbocycles. The Morgan fingerprint density at radius 1 is 1.22 bits per heavy atom. The van der Waals surface area contributed by atoms with E-state index in [4.69, 9.17) is 0 Å². The van der Waals surface area contributed by atoms with Crippen LogP contribution in [-0.4, -0.2) is 15.8 Å². The lowest BCUT2D eigenvalue weighted by molar-refractivity contribution is -0.140. The number of carbonyl (C=O) groups excluding carboxylic acids is 1. The number of rotatable bonds is 5. The van der Waals surface area contributed by atoms with Crippen molar-refractivity contribution in [2.45, 2.75) is 49.6 Å². The van der Waals surface area contributed by atoms with Gasteiger partial charge in [-0.2, -0.15) is 13.2 Å². The predicted molar refractivity (Wildman–Crippen MR) is 88.1 cm³/mol. The van der Waals surface area contributed by atoms with Crippen molar-refractivity contribution in [1.29, 1.82) is 0 Å². The molecule has 2 aromatic rings. The molecule has 1 N–H and O–H groups in total. The van der Waals surface area contributed by atoms with E-state index in [1.54, 1.807) is 0 Å². The van der Waals surface area contributed by atoms with Gasteiger partial charge < -0.3 is 4.98 Å². The molecule has 0 radical (unpaired) electrons. The highest BCUT2D eigenvalue weighted by molar-refractivity contribution is 5.95. The van der Waals surface area contributed by atoms with Gasteiger partial charge in [0.25, 0.3) is 5.56 Å². The fraction of sp³-hybridized carbons (Fsp3) is 0.421. The highest BCUT2D eigenvalue weighted by Crippen LogP contribution is 2.52. The van der Waals surface area contributed by atoms with Gasteiger partial charge in [-0.1, -0.05) is 6.07 Å². The van der Waals surface area contributed by atoms with Crippen LogP contribution in [0.2, 0.25) is 0 Å². The van der Waals surface area contributed by atoms with Gasteiger partial charge in [-0.25, -0.2) is 9.37 Å². The molecular weight excluding hydrogens is 364 g/mol. The number of hydrogen-bond donors (Lipinski definition) is 1. The van der Waals surface area contributed by atoms with Crippen molar-refractivity contribution in [3.63, 3.8) is 0 Å². The second kappa shape index (κ2) is 6.00. The van der Waals surface area contributed by atoms with Crippen LogP contribution in [0.1, 0.15) is 65.5 Å². The number of alkyl halides is 3. The van der Waals surface area contributed by atoms with Gasteiger partial charge in [-0.05, 0) is 43.4 Å². The van der Waals surface area contributed by atoms with E-state index >= 15 is 0 Å². The van der Waals surface area contributed by atoms with Crippen LogP contribution in [0.4, 0.5) is 17.6 Å². The summed E-state index contributed by atoms with van der Waals surface area (Å²) in [6.07, 6.45) is -1.81. The number of halogens is 4. The molecule has 8 heteroatoms. The third-order valence-electron chi connectivity index (χ3n) is 5.25. The maximum atomic E-state index is 13.9. The van der Waals surface area contributed by atoms with E-state index < -0.39 is 28.5 Å². The molecule has 2 aliphatic rings. The molecule has 0 saturated heterocycles. The second-order valence-electron chi connectivity index (χ2n) is 7.36. The Kier molecular flexibility index (Phi) is 3.98. The molecule has 4 nitrogen and oxygen atoms in total. The Balaban J connectivity index is 1.58. The van der Waals surface area contributed by atoms with Crippen LogP contribution in [0.3, 0.4) is 0 Å². The van der Waals surface area contributed by atoms with Crippen molar-refractivity contribution in [3.8, 4) is 0 Å². The summed E-state index contributed by atoms with van der Waals surface area (Å²) < 4.78 is 52.1. The number of benzene rings is 1. The molecule has 142 valence electrons. The fourth-order valence-corrected chi connectivity index (χ4v) is 3.36. The van der Waals surface area contributed by atoms with Crippen LogP contribution < -0.4 is 5.56 Å². The van der Waals surface area contributed by atoms with Crippen molar-refractivity contribution >= 4 is 5.78 Å². The quantitative estimate of drug-likeness (QED) is 0.627. The summed E-state index contributed by atoms with van der Waals surface area (Å²) >= 11 is 0. The fourth-order valence-electron chi connectivity index (χ4n) is 3.36. The zero-order valence-electron chi connectivity index (χ0n) is 14.2. The first-order valence-corrected chi connectivity index (χ1v) is 8.70. The predicted octanol–water partition coefficient (Wildman–Crippen LogP) is 4.11. The first-order chi connectivity index (χ1) is 12.7. The molecule has 1 heterocycles. The van der Waals surface area contributed by atoms with Crippen LogP contribution in [-0.2, 0) is 11.6 Å². The molecule has 1 aromatic heterocycles. The van der Waals surface area contributed by atoms with E-state index in [-0.39, 0.29) is 23.8 Å². The lowest BCUT2D eigenvalue weighted by Crippen LogP contribution is -2.20. The Hall–Kier alpha value is -2.51. The van der Waals surface area contributed by atoms with Gasteiger partial charge in [0.15, 0.2) is 5.78 Å². The molecule has 2 fully saturated rings. The van der Waals surface area contributed by atoms with Crippen molar-refractivity contribution in [2.75, 3.05) is 0 Å². The standard InChI is InChI=1S/C19H16F4N2O2/c20-13-7-11(3-4-12(13)19(21,22)23)18(5-6-18)9-15(26)14-8-16(27)25-17(24-14)10-1-2-10/h3-4,7-8,10H,1-2,5-6,9H2,(H,24,25,27). The van der Waals surface area contributed by atoms with Gasteiger partial charge in [-0.15, -0.1) is 0 Å². The summed E-state index contributed by atoms with van der Waals surface area (Å²) in [6.45, 7) is 0. The number of Topliss-reactive ketones (excluding diaryl/α,β-unsaturated/α-hetero) is 1. The summed E-state index contributed by atoms with van der Waals surface area (Å²) in [7, 11) is 0. The van der Waals surface area contributed by atoms with Crippen molar-refractivity contribution in [1.82, 2.24) is 9.97 Å². The summed E-state index contributed by atoms with van der Waals surface area (Å²) in [5, 5.41) is 0. The summed E-state index contributed by atoms with van der Waals surface area (Å²) in [4.78, 5) is 31.3. The monoisotopic (exact) mass is 380 g/mol. The molecule has 2 saturated carbocycles. The number of H-pyrrole nitrogens is 1. The minimum atomic E-state index is -4.76. The van der Waals surface area contributed by atoms with E-state index in [0.29, 0.717) is 30.3 Å². The Morgan fingerprint density at radius 3 is 2.48 bits per heavy atom. The number of nitrogens with one attached hydrogen (secondary N) is 1. The number of carbonyl (C=O) groups is 1. The highest BCUT2D eigenvalue weighted by atomic mass is 19.4. The number of aromatic nitrogens is 2. The van der Waals surface area contributed by atoms with E-state index in [2.05, 4.69) is 9.97 Å². The highest BCUT2D eigenvalue weighted by Gasteiger charge is 2.47. The van der Waals surface area contributed by atoms with Crippen molar-refractivity contribution in [2.24, 2.45) is 0 Å². The van der Waals surface area contributed by atoms with Gasteiger partial charge in [0.1, 0.15) is 17.3 Å². The molecule has 0 atom stereocenters.